The Morgan fingerprint density at radius 1 is 1.38 bits per heavy atom. The van der Waals surface area contributed by atoms with Crippen LogP contribution in [-0.2, 0) is 4.74 Å². The van der Waals surface area contributed by atoms with Crippen molar-refractivity contribution in [3.63, 3.8) is 0 Å². The van der Waals surface area contributed by atoms with E-state index < -0.39 is 0 Å². The molecule has 0 saturated heterocycles. The first-order valence-electron chi connectivity index (χ1n) is 4.86. The van der Waals surface area contributed by atoms with E-state index in [9.17, 15) is 4.79 Å². The van der Waals surface area contributed by atoms with Crippen molar-refractivity contribution in [1.29, 1.82) is 0 Å². The summed E-state index contributed by atoms with van der Waals surface area (Å²) in [6.45, 7) is 0. The highest BCUT2D eigenvalue weighted by molar-refractivity contribution is 5.66. The fourth-order valence-electron chi connectivity index (χ4n) is 1.45. The zero-order valence-electron chi connectivity index (χ0n) is 8.08. The average molecular weight is 183 g/mol. The number of hydrogen-bond acceptors (Lipinski definition) is 2. The summed E-state index contributed by atoms with van der Waals surface area (Å²) in [5.74, 6) is 0. The SMILES string of the molecule is CNC(=O)O[C@@H]1CC/C=C/CCC1. The Balaban J connectivity index is 2.31. The van der Waals surface area contributed by atoms with E-state index in [1.807, 2.05) is 0 Å². The third-order valence-corrected chi connectivity index (χ3v) is 2.20. The molecule has 0 bridgehead atoms. The summed E-state index contributed by atoms with van der Waals surface area (Å²) < 4.78 is 5.19. The number of nitrogens with one attached hydrogen (secondary N) is 1. The van der Waals surface area contributed by atoms with Crippen LogP contribution in [0.5, 0.6) is 0 Å². The maximum atomic E-state index is 10.9. The van der Waals surface area contributed by atoms with Crippen molar-refractivity contribution in [3.8, 4) is 0 Å². The van der Waals surface area contributed by atoms with E-state index in [1.54, 1.807) is 7.05 Å². The van der Waals surface area contributed by atoms with Crippen molar-refractivity contribution >= 4 is 6.09 Å². The lowest BCUT2D eigenvalue weighted by atomic mass is 10.0. The second-order valence-electron chi connectivity index (χ2n) is 3.26. The summed E-state index contributed by atoms with van der Waals surface area (Å²) in [7, 11) is 1.59. The van der Waals surface area contributed by atoms with Crippen molar-refractivity contribution in [2.45, 2.75) is 38.2 Å². The van der Waals surface area contributed by atoms with Crippen molar-refractivity contribution in [2.75, 3.05) is 7.05 Å². The van der Waals surface area contributed by atoms with Gasteiger partial charge >= 0.3 is 6.09 Å². The molecule has 13 heavy (non-hydrogen) atoms. The van der Waals surface area contributed by atoms with Crippen LogP contribution < -0.4 is 5.32 Å². The maximum absolute atomic E-state index is 10.9. The van der Waals surface area contributed by atoms with E-state index in [0.29, 0.717) is 0 Å². The van der Waals surface area contributed by atoms with Gasteiger partial charge in [0.1, 0.15) is 6.10 Å². The summed E-state index contributed by atoms with van der Waals surface area (Å²) in [5, 5.41) is 2.47. The van der Waals surface area contributed by atoms with Crippen LogP contribution in [0.3, 0.4) is 0 Å². The Kier molecular flexibility index (Phi) is 4.36. The van der Waals surface area contributed by atoms with Gasteiger partial charge in [0.25, 0.3) is 0 Å². The topological polar surface area (TPSA) is 38.3 Å². The molecule has 1 atom stereocenters. The van der Waals surface area contributed by atoms with Gasteiger partial charge in [-0.05, 0) is 32.1 Å². The zero-order chi connectivity index (χ0) is 9.52. The molecule has 0 heterocycles. The van der Waals surface area contributed by atoms with Crippen molar-refractivity contribution in [1.82, 2.24) is 5.32 Å². The molecule has 0 fully saturated rings. The number of carbonyl (C=O) groups excluding carboxylic acids is 1. The molecular weight excluding hydrogens is 166 g/mol. The van der Waals surface area contributed by atoms with Gasteiger partial charge in [0, 0.05) is 7.05 Å². The van der Waals surface area contributed by atoms with E-state index in [1.165, 1.54) is 0 Å². The molecule has 1 aliphatic carbocycles. The van der Waals surface area contributed by atoms with Gasteiger partial charge in [0.05, 0.1) is 0 Å². The number of amides is 1. The maximum Gasteiger partial charge on any atom is 0.407 e. The number of rotatable bonds is 1. The first kappa shape index (κ1) is 10.1. The second kappa shape index (κ2) is 5.62. The minimum atomic E-state index is -0.311. The van der Waals surface area contributed by atoms with Gasteiger partial charge in [-0.25, -0.2) is 4.79 Å². The number of alkyl carbamates (subject to hydrolysis) is 1. The highest BCUT2D eigenvalue weighted by Crippen LogP contribution is 2.15. The van der Waals surface area contributed by atoms with Crippen molar-refractivity contribution in [2.24, 2.45) is 0 Å². The van der Waals surface area contributed by atoms with Crippen LogP contribution in [0.2, 0.25) is 0 Å². The predicted molar refractivity (Wildman–Crippen MR) is 51.6 cm³/mol. The number of carbonyl (C=O) groups is 1. The summed E-state index contributed by atoms with van der Waals surface area (Å²) in [4.78, 5) is 10.9. The standard InChI is InChI=1S/C10H17NO2/c1-11-10(12)13-9-7-5-3-2-4-6-8-9/h2-3,9H,4-8H2,1H3,(H,11,12)/b3-2+/t9-/m1/s1. The Morgan fingerprint density at radius 3 is 2.92 bits per heavy atom. The van der Waals surface area contributed by atoms with Crippen LogP contribution in [-0.4, -0.2) is 19.2 Å². The molecule has 3 heteroatoms. The van der Waals surface area contributed by atoms with E-state index >= 15 is 0 Å². The highest BCUT2D eigenvalue weighted by atomic mass is 16.6. The lowest BCUT2D eigenvalue weighted by Gasteiger charge is -2.17. The first-order valence-corrected chi connectivity index (χ1v) is 4.86. The molecular formula is C10H17NO2. The second-order valence-corrected chi connectivity index (χ2v) is 3.26. The molecule has 0 spiro atoms. The number of hydrogen-bond donors (Lipinski definition) is 1. The fraction of sp³-hybridized carbons (Fsp3) is 0.700. The van der Waals surface area contributed by atoms with Gasteiger partial charge in [-0.2, -0.15) is 0 Å². The minimum absolute atomic E-state index is 0.102. The molecule has 3 nitrogen and oxygen atoms in total. The Bertz CT molecular complexity index is 189. The largest absolute Gasteiger partial charge is 0.446 e. The van der Waals surface area contributed by atoms with Gasteiger partial charge in [-0.1, -0.05) is 12.2 Å². The summed E-state index contributed by atoms with van der Waals surface area (Å²) >= 11 is 0. The fourth-order valence-corrected chi connectivity index (χ4v) is 1.45. The van der Waals surface area contributed by atoms with Gasteiger partial charge in [0.15, 0.2) is 0 Å². The van der Waals surface area contributed by atoms with Gasteiger partial charge in [-0.15, -0.1) is 0 Å². The third kappa shape index (κ3) is 3.97. The molecule has 74 valence electrons. The summed E-state index contributed by atoms with van der Waals surface area (Å²) in [6, 6.07) is 0. The van der Waals surface area contributed by atoms with E-state index in [4.69, 9.17) is 4.74 Å². The van der Waals surface area contributed by atoms with Crippen LogP contribution in [0.1, 0.15) is 32.1 Å². The summed E-state index contributed by atoms with van der Waals surface area (Å²) in [6.07, 6.45) is 9.32. The lowest BCUT2D eigenvalue weighted by molar-refractivity contribution is 0.0881. The Morgan fingerprint density at radius 2 is 2.15 bits per heavy atom. The van der Waals surface area contributed by atoms with Crippen LogP contribution >= 0.6 is 0 Å². The monoisotopic (exact) mass is 183 g/mol. The molecule has 0 aliphatic heterocycles. The molecule has 0 saturated carbocycles. The minimum Gasteiger partial charge on any atom is -0.446 e. The highest BCUT2D eigenvalue weighted by Gasteiger charge is 2.12. The Labute approximate surface area is 79.2 Å². The lowest BCUT2D eigenvalue weighted by Crippen LogP contribution is -2.26. The molecule has 1 aliphatic rings. The average Bonchev–Trinajstić information content (AvgIpc) is 2.09. The van der Waals surface area contributed by atoms with Crippen LogP contribution in [0.25, 0.3) is 0 Å². The van der Waals surface area contributed by atoms with Crippen molar-refractivity contribution in [3.05, 3.63) is 12.2 Å². The normalized spacial score (nSPS) is 25.5. The molecule has 0 radical (unpaired) electrons. The zero-order valence-corrected chi connectivity index (χ0v) is 8.08. The Hall–Kier alpha value is -0.990. The van der Waals surface area contributed by atoms with Gasteiger partial charge < -0.3 is 10.1 Å². The van der Waals surface area contributed by atoms with E-state index in [-0.39, 0.29) is 12.2 Å². The predicted octanol–water partition coefficient (Wildman–Crippen LogP) is 2.23. The van der Waals surface area contributed by atoms with Crippen LogP contribution in [0.4, 0.5) is 4.79 Å². The van der Waals surface area contributed by atoms with Crippen LogP contribution in [0.15, 0.2) is 12.2 Å². The van der Waals surface area contributed by atoms with E-state index in [2.05, 4.69) is 17.5 Å². The molecule has 0 aromatic heterocycles. The molecule has 1 N–H and O–H groups in total. The summed E-state index contributed by atoms with van der Waals surface area (Å²) in [5.41, 5.74) is 0. The molecule has 0 unspecified atom stereocenters. The molecule has 1 amide bonds. The first-order chi connectivity index (χ1) is 6.33. The number of allylic oxidation sites excluding steroid dienone is 2. The smallest absolute Gasteiger partial charge is 0.407 e. The molecule has 0 aromatic rings. The van der Waals surface area contributed by atoms with E-state index in [0.717, 1.165) is 32.1 Å². The van der Waals surface area contributed by atoms with Crippen molar-refractivity contribution < 1.29 is 9.53 Å². The quantitative estimate of drug-likeness (QED) is 0.633. The van der Waals surface area contributed by atoms with Crippen LogP contribution in [0, 0.1) is 0 Å². The number of ether oxygens (including phenoxy) is 1. The molecule has 0 aromatic carbocycles. The third-order valence-electron chi connectivity index (χ3n) is 2.20. The van der Waals surface area contributed by atoms with Gasteiger partial charge in [-0.3, -0.25) is 0 Å². The van der Waals surface area contributed by atoms with Gasteiger partial charge in [0.2, 0.25) is 0 Å². The molecule has 1 rings (SSSR count).